The normalized spacial score (nSPS) is 10.9. The van der Waals surface area contributed by atoms with E-state index in [1.807, 2.05) is 86.1 Å². The predicted octanol–water partition coefficient (Wildman–Crippen LogP) is 5.20. The Labute approximate surface area is 158 Å². The number of fused-ring (bicyclic) bond motifs is 1. The molecule has 4 aromatic rings. The molecule has 1 N–H and O–H groups in total. The number of nitrogens with zero attached hydrogens (tertiary/aromatic N) is 2. The maximum atomic E-state index is 13.0. The van der Waals surface area contributed by atoms with Gasteiger partial charge in [-0.1, -0.05) is 53.6 Å². The molecule has 134 valence electrons. The zero-order chi connectivity index (χ0) is 19.0. The fourth-order valence-corrected chi connectivity index (χ4v) is 3.25. The van der Waals surface area contributed by atoms with Crippen LogP contribution in [0.25, 0.3) is 16.6 Å². The van der Waals surface area contributed by atoms with Crippen molar-refractivity contribution in [1.29, 1.82) is 0 Å². The molecule has 0 radical (unpaired) electrons. The summed E-state index contributed by atoms with van der Waals surface area (Å²) in [6, 6.07) is 21.9. The molecule has 0 aliphatic carbocycles. The van der Waals surface area contributed by atoms with Crippen molar-refractivity contribution in [2.75, 3.05) is 5.32 Å². The Morgan fingerprint density at radius 2 is 1.59 bits per heavy atom. The molecule has 0 unspecified atom stereocenters. The van der Waals surface area contributed by atoms with Gasteiger partial charge in [-0.05, 0) is 50.6 Å². The Hall–Kier alpha value is -3.40. The van der Waals surface area contributed by atoms with Crippen LogP contribution in [-0.4, -0.2) is 15.7 Å². The van der Waals surface area contributed by atoms with Crippen molar-refractivity contribution in [3.05, 3.63) is 89.1 Å². The van der Waals surface area contributed by atoms with Crippen molar-refractivity contribution in [2.45, 2.75) is 20.8 Å². The molecule has 0 fully saturated rings. The Morgan fingerprint density at radius 3 is 2.33 bits per heavy atom. The van der Waals surface area contributed by atoms with E-state index < -0.39 is 0 Å². The Kier molecular flexibility index (Phi) is 4.24. The van der Waals surface area contributed by atoms with Crippen LogP contribution >= 0.6 is 0 Å². The van der Waals surface area contributed by atoms with E-state index in [1.54, 1.807) is 0 Å². The van der Waals surface area contributed by atoms with Crippen LogP contribution in [0.1, 0.15) is 27.2 Å². The summed E-state index contributed by atoms with van der Waals surface area (Å²) >= 11 is 0. The first-order chi connectivity index (χ1) is 13.0. The number of aromatic nitrogens is 2. The number of benzene rings is 3. The first kappa shape index (κ1) is 17.0. The molecule has 1 aromatic heterocycles. The van der Waals surface area contributed by atoms with Gasteiger partial charge in [0.05, 0.1) is 11.2 Å². The van der Waals surface area contributed by atoms with Gasteiger partial charge in [0.1, 0.15) is 0 Å². The highest BCUT2D eigenvalue weighted by molar-refractivity contribution is 6.11. The summed E-state index contributed by atoms with van der Waals surface area (Å²) in [5.41, 5.74) is 6.45. The number of aryl methyl sites for hydroxylation is 3. The second kappa shape index (κ2) is 6.72. The number of carbonyl (C=O) groups excluding carboxylic acids is 1. The second-order valence-corrected chi connectivity index (χ2v) is 6.89. The van der Waals surface area contributed by atoms with E-state index in [9.17, 15) is 4.79 Å². The van der Waals surface area contributed by atoms with Gasteiger partial charge in [-0.25, -0.2) is 4.68 Å². The molecule has 4 rings (SSSR count). The summed E-state index contributed by atoms with van der Waals surface area (Å²) in [7, 11) is 0. The first-order valence-corrected chi connectivity index (χ1v) is 8.96. The standard InChI is InChI=1S/C23H21N3O/c1-15-8-11-18(12-9-15)26-21-7-5-4-6-19(21)22(25-26)23(27)24-20-13-10-16(2)14-17(20)3/h4-14H,1-3H3,(H,24,27). The van der Waals surface area contributed by atoms with Crippen LogP contribution in [-0.2, 0) is 0 Å². The summed E-state index contributed by atoms with van der Waals surface area (Å²) in [4.78, 5) is 13.0. The minimum atomic E-state index is -0.205. The molecule has 0 spiro atoms. The molecular weight excluding hydrogens is 334 g/mol. The van der Waals surface area contributed by atoms with Crippen LogP contribution in [0.2, 0.25) is 0 Å². The molecule has 1 amide bonds. The van der Waals surface area contributed by atoms with E-state index in [0.717, 1.165) is 27.8 Å². The topological polar surface area (TPSA) is 46.9 Å². The van der Waals surface area contributed by atoms with Gasteiger partial charge >= 0.3 is 0 Å². The van der Waals surface area contributed by atoms with Crippen molar-refractivity contribution >= 4 is 22.5 Å². The third kappa shape index (κ3) is 3.22. The van der Waals surface area contributed by atoms with Crippen molar-refractivity contribution < 1.29 is 4.79 Å². The molecule has 0 aliphatic rings. The van der Waals surface area contributed by atoms with Gasteiger partial charge in [0, 0.05) is 11.1 Å². The highest BCUT2D eigenvalue weighted by atomic mass is 16.2. The maximum Gasteiger partial charge on any atom is 0.276 e. The van der Waals surface area contributed by atoms with Crippen LogP contribution in [0.4, 0.5) is 5.69 Å². The minimum absolute atomic E-state index is 0.205. The van der Waals surface area contributed by atoms with Gasteiger partial charge in [0.2, 0.25) is 0 Å². The van der Waals surface area contributed by atoms with Crippen LogP contribution in [0.5, 0.6) is 0 Å². The zero-order valence-electron chi connectivity index (χ0n) is 15.7. The number of para-hydroxylation sites is 1. The summed E-state index contributed by atoms with van der Waals surface area (Å²) in [5, 5.41) is 8.48. The number of nitrogens with one attached hydrogen (secondary N) is 1. The number of carbonyl (C=O) groups is 1. The molecule has 3 aromatic carbocycles. The van der Waals surface area contributed by atoms with Gasteiger partial charge in [0.15, 0.2) is 5.69 Å². The lowest BCUT2D eigenvalue weighted by Crippen LogP contribution is -2.14. The number of hydrogen-bond acceptors (Lipinski definition) is 2. The Bertz CT molecular complexity index is 1140. The molecule has 1 heterocycles. The zero-order valence-corrected chi connectivity index (χ0v) is 15.7. The van der Waals surface area contributed by atoms with Crippen molar-refractivity contribution in [1.82, 2.24) is 9.78 Å². The van der Waals surface area contributed by atoms with Gasteiger partial charge in [-0.3, -0.25) is 4.79 Å². The highest BCUT2D eigenvalue weighted by Crippen LogP contribution is 2.24. The Balaban J connectivity index is 1.77. The van der Waals surface area contributed by atoms with Crippen molar-refractivity contribution in [3.8, 4) is 5.69 Å². The maximum absolute atomic E-state index is 13.0. The van der Waals surface area contributed by atoms with E-state index in [0.29, 0.717) is 5.69 Å². The fourth-order valence-electron chi connectivity index (χ4n) is 3.25. The van der Waals surface area contributed by atoms with Crippen LogP contribution in [0, 0.1) is 20.8 Å². The van der Waals surface area contributed by atoms with Gasteiger partial charge in [-0.15, -0.1) is 0 Å². The fraction of sp³-hybridized carbons (Fsp3) is 0.130. The predicted molar refractivity (Wildman–Crippen MR) is 110 cm³/mol. The van der Waals surface area contributed by atoms with Crippen molar-refractivity contribution in [2.24, 2.45) is 0 Å². The minimum Gasteiger partial charge on any atom is -0.320 e. The number of rotatable bonds is 3. The van der Waals surface area contributed by atoms with Crippen LogP contribution in [0.15, 0.2) is 66.7 Å². The van der Waals surface area contributed by atoms with Crippen LogP contribution < -0.4 is 5.32 Å². The molecule has 0 atom stereocenters. The number of anilines is 1. The van der Waals surface area contributed by atoms with E-state index in [2.05, 4.69) is 16.5 Å². The second-order valence-electron chi connectivity index (χ2n) is 6.89. The van der Waals surface area contributed by atoms with E-state index in [-0.39, 0.29) is 5.91 Å². The SMILES string of the molecule is Cc1ccc(-n2nc(C(=O)Nc3ccc(C)cc3C)c3ccccc32)cc1. The lowest BCUT2D eigenvalue weighted by molar-refractivity contribution is 0.102. The molecule has 4 heteroatoms. The molecule has 4 nitrogen and oxygen atoms in total. The summed E-state index contributed by atoms with van der Waals surface area (Å²) < 4.78 is 1.83. The molecule has 0 saturated carbocycles. The lowest BCUT2D eigenvalue weighted by atomic mass is 10.1. The van der Waals surface area contributed by atoms with Gasteiger partial charge in [-0.2, -0.15) is 5.10 Å². The average molecular weight is 355 g/mol. The lowest BCUT2D eigenvalue weighted by Gasteiger charge is -2.08. The largest absolute Gasteiger partial charge is 0.320 e. The number of amides is 1. The number of hydrogen-bond donors (Lipinski definition) is 1. The molecule has 0 bridgehead atoms. The molecule has 27 heavy (non-hydrogen) atoms. The highest BCUT2D eigenvalue weighted by Gasteiger charge is 2.18. The molecule has 0 aliphatic heterocycles. The van der Waals surface area contributed by atoms with E-state index in [4.69, 9.17) is 0 Å². The summed E-state index contributed by atoms with van der Waals surface area (Å²) in [6.45, 7) is 6.08. The summed E-state index contributed by atoms with van der Waals surface area (Å²) in [6.07, 6.45) is 0. The Morgan fingerprint density at radius 1 is 0.889 bits per heavy atom. The average Bonchev–Trinajstić information content (AvgIpc) is 3.04. The first-order valence-electron chi connectivity index (χ1n) is 8.96. The third-order valence-electron chi connectivity index (χ3n) is 4.71. The molecular formula is C23H21N3O. The van der Waals surface area contributed by atoms with E-state index >= 15 is 0 Å². The monoisotopic (exact) mass is 355 g/mol. The third-order valence-corrected chi connectivity index (χ3v) is 4.71. The smallest absolute Gasteiger partial charge is 0.276 e. The van der Waals surface area contributed by atoms with Crippen LogP contribution in [0.3, 0.4) is 0 Å². The quantitative estimate of drug-likeness (QED) is 0.549. The van der Waals surface area contributed by atoms with E-state index in [1.165, 1.54) is 11.1 Å². The van der Waals surface area contributed by atoms with Gasteiger partial charge in [0.25, 0.3) is 5.91 Å². The van der Waals surface area contributed by atoms with Gasteiger partial charge < -0.3 is 5.32 Å². The van der Waals surface area contributed by atoms with Crippen molar-refractivity contribution in [3.63, 3.8) is 0 Å². The molecule has 0 saturated heterocycles. The summed E-state index contributed by atoms with van der Waals surface area (Å²) in [5.74, 6) is -0.205.